The summed E-state index contributed by atoms with van der Waals surface area (Å²) >= 11 is 5.70. The number of aromatic nitrogens is 2. The molecule has 0 radical (unpaired) electrons. The number of hydrogen-bond acceptors (Lipinski definition) is 4. The Kier molecular flexibility index (Phi) is 5.93. The summed E-state index contributed by atoms with van der Waals surface area (Å²) in [5, 5.41) is 5.52. The minimum atomic E-state index is -0.571. The number of anilines is 2. The van der Waals surface area contributed by atoms with Crippen molar-refractivity contribution in [3.05, 3.63) is 82.8 Å². The van der Waals surface area contributed by atoms with Crippen molar-refractivity contribution >= 4 is 29.0 Å². The number of hydrogen-bond donors (Lipinski definition) is 2. The average Bonchev–Trinajstić information content (AvgIpc) is 2.66. The molecular formula is C19H15ClF2N4O. The molecule has 0 saturated carbocycles. The Balaban J connectivity index is 1.61. The van der Waals surface area contributed by atoms with Gasteiger partial charge in [-0.05, 0) is 36.2 Å². The van der Waals surface area contributed by atoms with Crippen LogP contribution in [0.2, 0.25) is 5.02 Å². The standard InChI is InChI=1S/C19H15ClF2N4O/c20-14-9-13(5-6-16(14)22)26-19(27)17-10-18(25-11-24-17)23-8-7-12-3-1-2-4-15(12)21/h1-6,9-11H,7-8H2,(H,26,27)(H,23,24,25). The van der Waals surface area contributed by atoms with Gasteiger partial charge in [0, 0.05) is 18.3 Å². The first-order valence-electron chi connectivity index (χ1n) is 8.08. The van der Waals surface area contributed by atoms with E-state index in [-0.39, 0.29) is 16.5 Å². The van der Waals surface area contributed by atoms with Crippen molar-refractivity contribution in [2.45, 2.75) is 6.42 Å². The number of rotatable bonds is 6. The Labute approximate surface area is 159 Å². The van der Waals surface area contributed by atoms with Crippen molar-refractivity contribution in [1.82, 2.24) is 9.97 Å². The summed E-state index contributed by atoms with van der Waals surface area (Å²) in [7, 11) is 0. The van der Waals surface area contributed by atoms with Crippen LogP contribution in [0.5, 0.6) is 0 Å². The van der Waals surface area contributed by atoms with Gasteiger partial charge in [0.05, 0.1) is 5.02 Å². The van der Waals surface area contributed by atoms with E-state index in [1.807, 2.05) is 0 Å². The van der Waals surface area contributed by atoms with Crippen LogP contribution in [0, 0.1) is 11.6 Å². The van der Waals surface area contributed by atoms with Crippen molar-refractivity contribution in [1.29, 1.82) is 0 Å². The van der Waals surface area contributed by atoms with Crippen LogP contribution in [-0.2, 0) is 6.42 Å². The largest absolute Gasteiger partial charge is 0.370 e. The second-order valence-corrected chi connectivity index (χ2v) is 6.05. The van der Waals surface area contributed by atoms with Crippen LogP contribution in [0.3, 0.4) is 0 Å². The topological polar surface area (TPSA) is 66.9 Å². The van der Waals surface area contributed by atoms with E-state index in [1.54, 1.807) is 18.2 Å². The highest BCUT2D eigenvalue weighted by Crippen LogP contribution is 2.20. The highest BCUT2D eigenvalue weighted by atomic mass is 35.5. The third-order valence-electron chi connectivity index (χ3n) is 3.74. The average molecular weight is 389 g/mol. The van der Waals surface area contributed by atoms with E-state index in [4.69, 9.17) is 11.6 Å². The van der Waals surface area contributed by atoms with Crippen LogP contribution in [0.15, 0.2) is 54.9 Å². The normalized spacial score (nSPS) is 10.5. The maximum absolute atomic E-state index is 13.6. The minimum Gasteiger partial charge on any atom is -0.370 e. The van der Waals surface area contributed by atoms with Gasteiger partial charge in [0.1, 0.15) is 29.5 Å². The maximum Gasteiger partial charge on any atom is 0.274 e. The van der Waals surface area contributed by atoms with Gasteiger partial charge in [-0.1, -0.05) is 29.8 Å². The monoisotopic (exact) mass is 388 g/mol. The third-order valence-corrected chi connectivity index (χ3v) is 4.03. The van der Waals surface area contributed by atoms with Crippen LogP contribution < -0.4 is 10.6 Å². The first kappa shape index (κ1) is 18.7. The van der Waals surface area contributed by atoms with E-state index in [2.05, 4.69) is 20.6 Å². The van der Waals surface area contributed by atoms with Crippen molar-refractivity contribution in [3.63, 3.8) is 0 Å². The van der Waals surface area contributed by atoms with Crippen molar-refractivity contribution < 1.29 is 13.6 Å². The Morgan fingerprint density at radius 2 is 1.85 bits per heavy atom. The molecule has 0 fully saturated rings. The Bertz CT molecular complexity index is 968. The van der Waals surface area contributed by atoms with Gasteiger partial charge in [-0.3, -0.25) is 4.79 Å². The molecule has 5 nitrogen and oxygen atoms in total. The number of carbonyl (C=O) groups is 1. The van der Waals surface area contributed by atoms with Crippen LogP contribution >= 0.6 is 11.6 Å². The lowest BCUT2D eigenvalue weighted by Crippen LogP contribution is -2.15. The lowest BCUT2D eigenvalue weighted by Gasteiger charge is -2.08. The first-order chi connectivity index (χ1) is 13.0. The fourth-order valence-corrected chi connectivity index (χ4v) is 2.55. The SMILES string of the molecule is O=C(Nc1ccc(F)c(Cl)c1)c1cc(NCCc2ccccc2F)ncn1. The van der Waals surface area contributed by atoms with E-state index < -0.39 is 11.7 Å². The smallest absolute Gasteiger partial charge is 0.274 e. The molecule has 1 heterocycles. The summed E-state index contributed by atoms with van der Waals surface area (Å²) in [6.45, 7) is 0.437. The molecule has 27 heavy (non-hydrogen) atoms. The molecule has 1 amide bonds. The Morgan fingerprint density at radius 1 is 1.04 bits per heavy atom. The molecule has 0 saturated heterocycles. The Morgan fingerprint density at radius 3 is 2.63 bits per heavy atom. The highest BCUT2D eigenvalue weighted by molar-refractivity contribution is 6.31. The molecule has 2 N–H and O–H groups in total. The van der Waals surface area contributed by atoms with Crippen LogP contribution in [0.25, 0.3) is 0 Å². The quantitative estimate of drug-likeness (QED) is 0.660. The van der Waals surface area contributed by atoms with E-state index in [0.717, 1.165) is 6.07 Å². The molecule has 8 heteroatoms. The van der Waals surface area contributed by atoms with Gasteiger partial charge >= 0.3 is 0 Å². The van der Waals surface area contributed by atoms with Crippen molar-refractivity contribution in [2.75, 3.05) is 17.2 Å². The fourth-order valence-electron chi connectivity index (χ4n) is 2.37. The molecule has 0 atom stereocenters. The lowest BCUT2D eigenvalue weighted by molar-refractivity contribution is 0.102. The van der Waals surface area contributed by atoms with Crippen molar-refractivity contribution in [3.8, 4) is 0 Å². The van der Waals surface area contributed by atoms with Crippen LogP contribution in [0.4, 0.5) is 20.3 Å². The third kappa shape index (κ3) is 4.98. The van der Waals surface area contributed by atoms with Crippen molar-refractivity contribution in [2.24, 2.45) is 0 Å². The van der Waals surface area contributed by atoms with Crippen LogP contribution in [-0.4, -0.2) is 22.4 Å². The summed E-state index contributed by atoms with van der Waals surface area (Å²) in [6.07, 6.45) is 1.71. The zero-order valence-electron chi connectivity index (χ0n) is 14.0. The zero-order valence-corrected chi connectivity index (χ0v) is 14.8. The number of nitrogens with zero attached hydrogens (tertiary/aromatic N) is 2. The minimum absolute atomic E-state index is 0.0917. The van der Waals surface area contributed by atoms with Crippen LogP contribution in [0.1, 0.15) is 16.1 Å². The van der Waals surface area contributed by atoms with Gasteiger partial charge in [-0.25, -0.2) is 18.7 Å². The summed E-state index contributed by atoms with van der Waals surface area (Å²) in [6, 6.07) is 11.9. The van der Waals surface area contributed by atoms with Gasteiger partial charge in [0.25, 0.3) is 5.91 Å². The zero-order chi connectivity index (χ0) is 19.2. The summed E-state index contributed by atoms with van der Waals surface area (Å²) in [5.74, 6) is -0.890. The molecule has 2 aromatic carbocycles. The number of amides is 1. The van der Waals surface area contributed by atoms with E-state index in [0.29, 0.717) is 30.0 Å². The molecule has 0 aliphatic rings. The molecular weight excluding hydrogens is 374 g/mol. The first-order valence-corrected chi connectivity index (χ1v) is 8.46. The van der Waals surface area contributed by atoms with Gasteiger partial charge in [0.2, 0.25) is 0 Å². The predicted octanol–water partition coefficient (Wildman–Crippen LogP) is 4.32. The van der Waals surface area contributed by atoms with E-state index in [9.17, 15) is 13.6 Å². The molecule has 138 valence electrons. The fraction of sp³-hybridized carbons (Fsp3) is 0.105. The molecule has 0 unspecified atom stereocenters. The molecule has 1 aromatic heterocycles. The lowest BCUT2D eigenvalue weighted by atomic mass is 10.1. The highest BCUT2D eigenvalue weighted by Gasteiger charge is 2.11. The molecule has 0 aliphatic carbocycles. The number of benzene rings is 2. The Hall–Kier alpha value is -3.06. The van der Waals surface area contributed by atoms with E-state index >= 15 is 0 Å². The predicted molar refractivity (Wildman–Crippen MR) is 100.0 cm³/mol. The second kappa shape index (κ2) is 8.55. The number of halogens is 3. The van der Waals surface area contributed by atoms with E-state index in [1.165, 1.54) is 30.6 Å². The van der Waals surface area contributed by atoms with Gasteiger partial charge in [-0.2, -0.15) is 0 Å². The maximum atomic E-state index is 13.6. The van der Waals surface area contributed by atoms with Gasteiger partial charge in [-0.15, -0.1) is 0 Å². The molecule has 0 aliphatic heterocycles. The summed E-state index contributed by atoms with van der Waals surface area (Å²) < 4.78 is 26.8. The molecule has 3 aromatic rings. The number of nitrogens with one attached hydrogen (secondary N) is 2. The summed E-state index contributed by atoms with van der Waals surface area (Å²) in [4.78, 5) is 20.3. The van der Waals surface area contributed by atoms with Gasteiger partial charge in [0.15, 0.2) is 0 Å². The molecule has 0 bridgehead atoms. The summed E-state index contributed by atoms with van der Waals surface area (Å²) in [5.41, 5.74) is 1.06. The van der Waals surface area contributed by atoms with Gasteiger partial charge < -0.3 is 10.6 Å². The number of carbonyl (C=O) groups excluding carboxylic acids is 1. The molecule has 0 spiro atoms. The molecule has 3 rings (SSSR count). The second-order valence-electron chi connectivity index (χ2n) is 5.64.